The lowest BCUT2D eigenvalue weighted by Gasteiger charge is -2.13. The number of pyridine rings is 1. The standard InChI is InChI=1S/C15H13N5O2S/c1-8-6-10(22-18-8)20-7-17-12-11-9(19(2)3)4-5-16-14(11)23-13(12)15(20)21/h4-7H,1-3H3. The average Bonchev–Trinajstić information content (AvgIpc) is 3.11. The lowest BCUT2D eigenvalue weighted by Crippen LogP contribution is -2.17. The van der Waals surface area contributed by atoms with E-state index in [0.717, 1.165) is 15.9 Å². The van der Waals surface area contributed by atoms with Crippen LogP contribution in [0.1, 0.15) is 5.69 Å². The first-order valence-electron chi connectivity index (χ1n) is 6.96. The van der Waals surface area contributed by atoms with Crippen molar-refractivity contribution < 1.29 is 4.52 Å². The molecule has 0 aliphatic rings. The normalized spacial score (nSPS) is 11.4. The van der Waals surface area contributed by atoms with Crippen LogP contribution in [0.5, 0.6) is 0 Å². The van der Waals surface area contributed by atoms with E-state index in [0.29, 0.717) is 21.8 Å². The summed E-state index contributed by atoms with van der Waals surface area (Å²) in [6.07, 6.45) is 3.22. The molecule has 0 saturated carbocycles. The van der Waals surface area contributed by atoms with Crippen molar-refractivity contribution in [2.75, 3.05) is 19.0 Å². The topological polar surface area (TPSA) is 77.0 Å². The molecule has 0 aliphatic carbocycles. The Kier molecular flexibility index (Phi) is 2.95. The fourth-order valence-corrected chi connectivity index (χ4v) is 3.58. The van der Waals surface area contributed by atoms with E-state index in [9.17, 15) is 4.79 Å². The van der Waals surface area contributed by atoms with Crippen LogP contribution in [0.4, 0.5) is 5.69 Å². The molecule has 8 heteroatoms. The highest BCUT2D eigenvalue weighted by atomic mass is 32.1. The van der Waals surface area contributed by atoms with Gasteiger partial charge in [-0.15, -0.1) is 11.3 Å². The Bertz CT molecular complexity index is 1090. The molecule has 23 heavy (non-hydrogen) atoms. The third-order valence-electron chi connectivity index (χ3n) is 3.59. The second-order valence-corrected chi connectivity index (χ2v) is 6.41. The minimum absolute atomic E-state index is 0.182. The van der Waals surface area contributed by atoms with E-state index in [1.807, 2.05) is 25.1 Å². The Morgan fingerprint density at radius 2 is 2.13 bits per heavy atom. The highest BCUT2D eigenvalue weighted by Crippen LogP contribution is 2.35. The summed E-state index contributed by atoms with van der Waals surface area (Å²) >= 11 is 1.34. The Labute approximate surface area is 134 Å². The molecule has 4 aromatic heterocycles. The number of anilines is 1. The van der Waals surface area contributed by atoms with Crippen LogP contribution < -0.4 is 10.5 Å². The molecule has 0 aromatic carbocycles. The first-order chi connectivity index (χ1) is 11.1. The van der Waals surface area contributed by atoms with E-state index >= 15 is 0 Å². The summed E-state index contributed by atoms with van der Waals surface area (Å²) in [7, 11) is 3.91. The van der Waals surface area contributed by atoms with Crippen molar-refractivity contribution >= 4 is 37.5 Å². The molecule has 0 spiro atoms. The Morgan fingerprint density at radius 3 is 2.83 bits per heavy atom. The smallest absolute Gasteiger partial charge is 0.278 e. The molecule has 0 bridgehead atoms. The zero-order valence-electron chi connectivity index (χ0n) is 12.8. The van der Waals surface area contributed by atoms with Crippen LogP contribution in [-0.2, 0) is 0 Å². The lowest BCUT2D eigenvalue weighted by molar-refractivity contribution is 0.399. The molecule has 0 N–H and O–H groups in total. The molecule has 4 rings (SSSR count). The van der Waals surface area contributed by atoms with E-state index in [4.69, 9.17) is 4.52 Å². The van der Waals surface area contributed by atoms with Crippen LogP contribution >= 0.6 is 11.3 Å². The summed E-state index contributed by atoms with van der Waals surface area (Å²) in [6.45, 7) is 1.80. The van der Waals surface area contributed by atoms with Gasteiger partial charge in [-0.1, -0.05) is 5.16 Å². The van der Waals surface area contributed by atoms with Crippen molar-refractivity contribution in [2.24, 2.45) is 0 Å². The van der Waals surface area contributed by atoms with Crippen molar-refractivity contribution in [2.45, 2.75) is 6.92 Å². The summed E-state index contributed by atoms with van der Waals surface area (Å²) < 4.78 is 7.09. The van der Waals surface area contributed by atoms with Gasteiger partial charge in [0.15, 0.2) is 0 Å². The lowest BCUT2D eigenvalue weighted by atomic mass is 10.2. The highest BCUT2D eigenvalue weighted by Gasteiger charge is 2.17. The Hall–Kier alpha value is -2.74. The van der Waals surface area contributed by atoms with Gasteiger partial charge < -0.3 is 9.42 Å². The van der Waals surface area contributed by atoms with Crippen LogP contribution in [0.2, 0.25) is 0 Å². The molecule has 0 amide bonds. The van der Waals surface area contributed by atoms with E-state index in [-0.39, 0.29) is 5.56 Å². The van der Waals surface area contributed by atoms with E-state index in [1.54, 1.807) is 19.2 Å². The van der Waals surface area contributed by atoms with Crippen LogP contribution in [0.15, 0.2) is 34.0 Å². The molecule has 7 nitrogen and oxygen atoms in total. The van der Waals surface area contributed by atoms with Gasteiger partial charge >= 0.3 is 0 Å². The number of fused-ring (bicyclic) bond motifs is 3. The summed E-state index contributed by atoms with van der Waals surface area (Å²) in [5.41, 5.74) is 2.18. The molecule has 0 unspecified atom stereocenters. The van der Waals surface area contributed by atoms with Gasteiger partial charge in [-0.2, -0.15) is 0 Å². The zero-order chi connectivity index (χ0) is 16.1. The minimum atomic E-state index is -0.182. The minimum Gasteiger partial charge on any atom is -0.377 e. The summed E-state index contributed by atoms with van der Waals surface area (Å²) in [6, 6.07) is 3.62. The summed E-state index contributed by atoms with van der Waals surface area (Å²) in [5, 5.41) is 4.71. The predicted octanol–water partition coefficient (Wildman–Crippen LogP) is 2.36. The number of aryl methyl sites for hydroxylation is 1. The number of hydrogen-bond acceptors (Lipinski definition) is 7. The summed E-state index contributed by atoms with van der Waals surface area (Å²) in [4.78, 5) is 24.4. The van der Waals surface area contributed by atoms with Gasteiger partial charge in [0, 0.05) is 26.4 Å². The van der Waals surface area contributed by atoms with Gasteiger partial charge in [0.2, 0.25) is 5.88 Å². The van der Waals surface area contributed by atoms with Crippen LogP contribution in [0.25, 0.3) is 26.3 Å². The molecular formula is C15H13N5O2S. The molecule has 0 saturated heterocycles. The third kappa shape index (κ3) is 2.02. The van der Waals surface area contributed by atoms with Gasteiger partial charge in [0.05, 0.1) is 16.8 Å². The van der Waals surface area contributed by atoms with E-state index in [1.165, 1.54) is 22.2 Å². The number of thiophene rings is 1. The van der Waals surface area contributed by atoms with Gasteiger partial charge in [-0.05, 0) is 13.0 Å². The molecule has 4 aromatic rings. The van der Waals surface area contributed by atoms with Gasteiger partial charge in [-0.25, -0.2) is 14.5 Å². The Balaban J connectivity index is 2.08. The zero-order valence-corrected chi connectivity index (χ0v) is 13.6. The molecule has 0 atom stereocenters. The van der Waals surface area contributed by atoms with Crippen molar-refractivity contribution in [3.8, 4) is 5.88 Å². The van der Waals surface area contributed by atoms with Crippen LogP contribution in [0.3, 0.4) is 0 Å². The summed E-state index contributed by atoms with van der Waals surface area (Å²) in [5.74, 6) is 0.361. The molecular weight excluding hydrogens is 314 g/mol. The molecule has 0 fully saturated rings. The highest BCUT2D eigenvalue weighted by molar-refractivity contribution is 7.25. The first kappa shape index (κ1) is 13.9. The fourth-order valence-electron chi connectivity index (χ4n) is 2.53. The SMILES string of the molecule is Cc1cc(-n2cnc3c(sc4nccc(N(C)C)c43)c2=O)on1. The number of aromatic nitrogens is 4. The van der Waals surface area contributed by atoms with Crippen molar-refractivity contribution in [1.29, 1.82) is 0 Å². The maximum atomic E-state index is 12.8. The number of rotatable bonds is 2. The fraction of sp³-hybridized carbons (Fsp3) is 0.200. The predicted molar refractivity (Wildman–Crippen MR) is 89.6 cm³/mol. The number of hydrogen-bond donors (Lipinski definition) is 0. The van der Waals surface area contributed by atoms with Crippen molar-refractivity contribution in [3.05, 3.63) is 40.7 Å². The molecule has 116 valence electrons. The first-order valence-corrected chi connectivity index (χ1v) is 7.78. The van der Waals surface area contributed by atoms with E-state index in [2.05, 4.69) is 15.1 Å². The van der Waals surface area contributed by atoms with Crippen molar-refractivity contribution in [3.63, 3.8) is 0 Å². The largest absolute Gasteiger partial charge is 0.377 e. The molecule has 0 radical (unpaired) electrons. The third-order valence-corrected chi connectivity index (χ3v) is 4.67. The van der Waals surface area contributed by atoms with Crippen LogP contribution in [-0.4, -0.2) is 33.8 Å². The van der Waals surface area contributed by atoms with Crippen molar-refractivity contribution in [1.82, 2.24) is 19.7 Å². The molecule has 0 aliphatic heterocycles. The van der Waals surface area contributed by atoms with Gasteiger partial charge in [0.1, 0.15) is 21.4 Å². The Morgan fingerprint density at radius 1 is 1.30 bits per heavy atom. The molecule has 4 heterocycles. The quantitative estimate of drug-likeness (QED) is 0.562. The van der Waals surface area contributed by atoms with Gasteiger partial charge in [0.25, 0.3) is 5.56 Å². The second kappa shape index (κ2) is 4.88. The second-order valence-electron chi connectivity index (χ2n) is 5.41. The monoisotopic (exact) mass is 327 g/mol. The number of nitrogens with zero attached hydrogens (tertiary/aromatic N) is 5. The van der Waals surface area contributed by atoms with Gasteiger partial charge in [-0.3, -0.25) is 4.79 Å². The van der Waals surface area contributed by atoms with Crippen LogP contribution in [0, 0.1) is 6.92 Å². The maximum absolute atomic E-state index is 12.8. The maximum Gasteiger partial charge on any atom is 0.278 e. The average molecular weight is 327 g/mol. The van der Waals surface area contributed by atoms with E-state index < -0.39 is 0 Å².